The first kappa shape index (κ1) is 21.2. The highest BCUT2D eigenvalue weighted by molar-refractivity contribution is 7.91. The van der Waals surface area contributed by atoms with Crippen LogP contribution in [0.4, 0.5) is 5.69 Å². The van der Waals surface area contributed by atoms with E-state index in [0.717, 1.165) is 5.56 Å². The molecule has 9 nitrogen and oxygen atoms in total. The largest absolute Gasteiger partial charge is 0.465 e. The molecule has 0 atom stereocenters. The van der Waals surface area contributed by atoms with Gasteiger partial charge in [-0.25, -0.2) is 8.42 Å². The first-order valence-corrected chi connectivity index (χ1v) is 11.4. The highest BCUT2D eigenvalue weighted by atomic mass is 32.2. The molecule has 10 heteroatoms. The third-order valence-corrected chi connectivity index (χ3v) is 6.39. The van der Waals surface area contributed by atoms with Gasteiger partial charge in [0.2, 0.25) is 0 Å². The van der Waals surface area contributed by atoms with Crippen molar-refractivity contribution in [2.75, 3.05) is 11.1 Å². The summed E-state index contributed by atoms with van der Waals surface area (Å²) >= 11 is 0. The van der Waals surface area contributed by atoms with Crippen molar-refractivity contribution < 1.29 is 17.6 Å². The quantitative estimate of drug-likeness (QED) is 0.430. The summed E-state index contributed by atoms with van der Waals surface area (Å²) in [5.74, 6) is 0.310. The number of tetrazole rings is 1. The second-order valence-corrected chi connectivity index (χ2v) is 8.99. The van der Waals surface area contributed by atoms with Gasteiger partial charge < -0.3 is 9.73 Å². The zero-order valence-electron chi connectivity index (χ0n) is 17.0. The minimum atomic E-state index is -3.33. The van der Waals surface area contributed by atoms with Crippen LogP contribution in [0.2, 0.25) is 0 Å². The molecule has 32 heavy (non-hydrogen) atoms. The Morgan fingerprint density at radius 2 is 1.81 bits per heavy atom. The van der Waals surface area contributed by atoms with Crippen molar-refractivity contribution in [2.45, 2.75) is 11.8 Å². The molecule has 4 aromatic rings. The van der Waals surface area contributed by atoms with Gasteiger partial charge in [-0.15, -0.1) is 5.10 Å². The van der Waals surface area contributed by atoms with E-state index in [9.17, 15) is 13.2 Å². The first-order chi connectivity index (χ1) is 15.5. The van der Waals surface area contributed by atoms with E-state index in [1.165, 1.54) is 41.3 Å². The average Bonchev–Trinajstić information content (AvgIpc) is 3.50. The molecule has 1 amide bonds. The Bertz CT molecular complexity index is 1340. The van der Waals surface area contributed by atoms with Gasteiger partial charge in [0, 0.05) is 17.3 Å². The van der Waals surface area contributed by atoms with Crippen LogP contribution >= 0.6 is 0 Å². The molecule has 0 fully saturated rings. The minimum absolute atomic E-state index is 0.00367. The lowest BCUT2D eigenvalue weighted by molar-refractivity contribution is -0.111. The Hall–Kier alpha value is -4.05. The standard InChI is InChI=1S/C22H19N5O4S/c1-2-32(29,30)19-12-10-17(11-13-19)23-22(28)20(15-18-9-6-14-31-18)27-21(24-25-26-27)16-7-4-3-5-8-16/h3-15H,2H2,1H3,(H,23,28)/b20-15-. The van der Waals surface area contributed by atoms with Gasteiger partial charge in [0.15, 0.2) is 15.7 Å². The van der Waals surface area contributed by atoms with Crippen LogP contribution in [0, 0.1) is 0 Å². The van der Waals surface area contributed by atoms with Crippen LogP contribution in [-0.4, -0.2) is 40.3 Å². The number of anilines is 1. The molecule has 0 aliphatic heterocycles. The number of nitrogens with zero attached hydrogens (tertiary/aromatic N) is 4. The molecule has 1 N–H and O–H groups in total. The van der Waals surface area contributed by atoms with Crippen molar-refractivity contribution in [1.29, 1.82) is 0 Å². The number of nitrogens with one attached hydrogen (secondary N) is 1. The molecule has 2 aromatic carbocycles. The van der Waals surface area contributed by atoms with Crippen LogP contribution < -0.4 is 5.32 Å². The lowest BCUT2D eigenvalue weighted by Crippen LogP contribution is -2.19. The molecule has 4 rings (SSSR count). The topological polar surface area (TPSA) is 120 Å². The third-order valence-electron chi connectivity index (χ3n) is 4.64. The van der Waals surface area contributed by atoms with Crippen molar-refractivity contribution in [1.82, 2.24) is 20.2 Å². The van der Waals surface area contributed by atoms with Crippen LogP contribution in [0.15, 0.2) is 82.3 Å². The zero-order chi connectivity index (χ0) is 22.6. The van der Waals surface area contributed by atoms with E-state index in [0.29, 0.717) is 17.3 Å². The smallest absolute Gasteiger partial charge is 0.274 e. The summed E-state index contributed by atoms with van der Waals surface area (Å²) in [5, 5.41) is 14.5. The van der Waals surface area contributed by atoms with Crippen molar-refractivity contribution in [3.63, 3.8) is 0 Å². The highest BCUT2D eigenvalue weighted by Gasteiger charge is 2.20. The van der Waals surface area contributed by atoms with Gasteiger partial charge >= 0.3 is 0 Å². The van der Waals surface area contributed by atoms with E-state index in [1.54, 1.807) is 19.1 Å². The predicted molar refractivity (Wildman–Crippen MR) is 119 cm³/mol. The summed E-state index contributed by atoms with van der Waals surface area (Å²) in [4.78, 5) is 13.4. The molecule has 0 bridgehead atoms. The number of aromatic nitrogens is 4. The van der Waals surface area contributed by atoms with Crippen LogP contribution in [0.25, 0.3) is 23.2 Å². The maximum Gasteiger partial charge on any atom is 0.274 e. The monoisotopic (exact) mass is 449 g/mol. The Kier molecular flexibility index (Phi) is 5.95. The van der Waals surface area contributed by atoms with E-state index in [2.05, 4.69) is 20.8 Å². The number of hydrogen-bond acceptors (Lipinski definition) is 7. The maximum absolute atomic E-state index is 13.2. The number of amides is 1. The summed E-state index contributed by atoms with van der Waals surface area (Å²) in [6, 6.07) is 18.6. The normalized spacial score (nSPS) is 12.0. The predicted octanol–water partition coefficient (Wildman–Crippen LogP) is 3.36. The first-order valence-electron chi connectivity index (χ1n) is 9.71. The fraction of sp³-hybridized carbons (Fsp3) is 0.0909. The Morgan fingerprint density at radius 3 is 2.47 bits per heavy atom. The molecule has 0 aliphatic carbocycles. The zero-order valence-corrected chi connectivity index (χ0v) is 17.9. The molecule has 2 aromatic heterocycles. The Balaban J connectivity index is 1.69. The van der Waals surface area contributed by atoms with E-state index in [4.69, 9.17) is 4.42 Å². The van der Waals surface area contributed by atoms with Gasteiger partial charge in [-0.05, 0) is 46.8 Å². The van der Waals surface area contributed by atoms with E-state index < -0.39 is 15.7 Å². The van der Waals surface area contributed by atoms with Gasteiger partial charge in [0.05, 0.1) is 16.9 Å². The van der Waals surface area contributed by atoms with Crippen molar-refractivity contribution in [3.05, 3.63) is 78.8 Å². The summed E-state index contributed by atoms with van der Waals surface area (Å²) < 4.78 is 30.7. The molecule has 162 valence electrons. The number of rotatable bonds is 7. The molecular weight excluding hydrogens is 430 g/mol. The van der Waals surface area contributed by atoms with Gasteiger partial charge in [0.1, 0.15) is 11.5 Å². The summed E-state index contributed by atoms with van der Waals surface area (Å²) in [6.45, 7) is 1.58. The van der Waals surface area contributed by atoms with E-state index in [-0.39, 0.29) is 16.3 Å². The molecule has 0 spiro atoms. The lowest BCUT2D eigenvalue weighted by atomic mass is 10.2. The number of furan rings is 1. The fourth-order valence-electron chi connectivity index (χ4n) is 2.96. The fourth-order valence-corrected chi connectivity index (χ4v) is 3.84. The van der Waals surface area contributed by atoms with Gasteiger partial charge in [-0.2, -0.15) is 4.68 Å². The highest BCUT2D eigenvalue weighted by Crippen LogP contribution is 2.22. The molecule has 0 saturated carbocycles. The number of benzene rings is 2. The number of carbonyl (C=O) groups excluding carboxylic acids is 1. The van der Waals surface area contributed by atoms with E-state index in [1.807, 2.05) is 30.3 Å². The number of hydrogen-bond donors (Lipinski definition) is 1. The summed E-state index contributed by atoms with van der Waals surface area (Å²) in [6.07, 6.45) is 3.01. The molecule has 2 heterocycles. The van der Waals surface area contributed by atoms with Crippen molar-refractivity contribution in [2.24, 2.45) is 0 Å². The second kappa shape index (κ2) is 8.98. The van der Waals surface area contributed by atoms with Crippen LogP contribution in [0.5, 0.6) is 0 Å². The van der Waals surface area contributed by atoms with Crippen molar-refractivity contribution in [3.8, 4) is 11.4 Å². The van der Waals surface area contributed by atoms with Gasteiger partial charge in [-0.3, -0.25) is 4.79 Å². The second-order valence-electron chi connectivity index (χ2n) is 6.71. The van der Waals surface area contributed by atoms with Gasteiger partial charge in [-0.1, -0.05) is 37.3 Å². The molecule has 0 unspecified atom stereocenters. The Labute approximate surface area is 184 Å². The lowest BCUT2D eigenvalue weighted by Gasteiger charge is -2.11. The average molecular weight is 449 g/mol. The number of carbonyl (C=O) groups is 1. The van der Waals surface area contributed by atoms with Crippen molar-refractivity contribution >= 4 is 33.2 Å². The molecule has 0 saturated heterocycles. The maximum atomic E-state index is 13.2. The summed E-state index contributed by atoms with van der Waals surface area (Å²) in [7, 11) is -3.33. The molecule has 0 aliphatic rings. The number of sulfone groups is 1. The SMILES string of the molecule is CCS(=O)(=O)c1ccc(NC(=O)/C(=C/c2ccco2)n2nnnc2-c2ccccc2)cc1. The van der Waals surface area contributed by atoms with Crippen LogP contribution in [-0.2, 0) is 14.6 Å². The van der Waals surface area contributed by atoms with Crippen LogP contribution in [0.3, 0.4) is 0 Å². The Morgan fingerprint density at radius 1 is 1.06 bits per heavy atom. The molecule has 0 radical (unpaired) electrons. The summed E-state index contributed by atoms with van der Waals surface area (Å²) in [5.41, 5.74) is 1.27. The minimum Gasteiger partial charge on any atom is -0.465 e. The van der Waals surface area contributed by atoms with E-state index >= 15 is 0 Å². The van der Waals surface area contributed by atoms with Gasteiger partial charge in [0.25, 0.3) is 5.91 Å². The molecular formula is C22H19N5O4S. The third kappa shape index (κ3) is 4.49. The van der Waals surface area contributed by atoms with Crippen LogP contribution in [0.1, 0.15) is 12.7 Å².